The number of rotatable bonds is 2. The summed E-state index contributed by atoms with van der Waals surface area (Å²) in [6.07, 6.45) is -4.67. The number of aliphatic hydroxyl groups is 3. The lowest BCUT2D eigenvalue weighted by Crippen LogP contribution is -2.54. The zero-order chi connectivity index (χ0) is 14.3. The number of ether oxygens (including phenoxy) is 2. The van der Waals surface area contributed by atoms with Gasteiger partial charge >= 0.3 is 0 Å². The lowest BCUT2D eigenvalue weighted by molar-refractivity contribution is -0.243. The van der Waals surface area contributed by atoms with E-state index in [1.54, 1.807) is 0 Å². The number of aromatic nitrogens is 1. The van der Waals surface area contributed by atoms with Gasteiger partial charge in [0.1, 0.15) is 18.3 Å². The molecule has 2 aromatic rings. The molecule has 0 aliphatic carbocycles. The number of nitrogens with zero attached hydrogens (tertiary/aromatic N) is 1. The van der Waals surface area contributed by atoms with E-state index in [2.05, 4.69) is 0 Å². The summed E-state index contributed by atoms with van der Waals surface area (Å²) in [6.45, 7) is -0.0766. The Morgan fingerprint density at radius 2 is 1.95 bits per heavy atom. The van der Waals surface area contributed by atoms with Gasteiger partial charge in [-0.1, -0.05) is 18.2 Å². The fraction of sp³-hybridized carbons (Fsp3) is 0.429. The quantitative estimate of drug-likeness (QED) is 0.720. The minimum Gasteiger partial charge on any atom is -0.447 e. The monoisotopic (exact) mass is 279 g/mol. The summed E-state index contributed by atoms with van der Waals surface area (Å²) in [6, 6.07) is 9.61. The second-order valence-corrected chi connectivity index (χ2v) is 4.97. The molecule has 1 saturated heterocycles. The van der Waals surface area contributed by atoms with Gasteiger partial charge in [0.2, 0.25) is 6.29 Å². The molecule has 1 aliphatic rings. The summed E-state index contributed by atoms with van der Waals surface area (Å²) in [5.41, 5.74) is 0.994. The van der Waals surface area contributed by atoms with Gasteiger partial charge in [-0.15, -0.1) is 0 Å². The summed E-state index contributed by atoms with van der Waals surface area (Å²) >= 11 is 0. The molecule has 0 bridgehead atoms. The van der Waals surface area contributed by atoms with Crippen molar-refractivity contribution < 1.29 is 24.8 Å². The molecule has 2 heterocycles. The molecule has 3 rings (SSSR count). The lowest BCUT2D eigenvalue weighted by atomic mass is 10.1. The highest BCUT2D eigenvalue weighted by atomic mass is 16.7. The van der Waals surface area contributed by atoms with Crippen LogP contribution in [0.5, 0.6) is 5.88 Å². The van der Waals surface area contributed by atoms with Crippen LogP contribution >= 0.6 is 0 Å². The molecule has 1 aromatic heterocycles. The van der Waals surface area contributed by atoms with E-state index >= 15 is 0 Å². The van der Waals surface area contributed by atoms with Crippen molar-refractivity contribution in [3.8, 4) is 5.88 Å². The van der Waals surface area contributed by atoms with Gasteiger partial charge in [0.05, 0.1) is 12.1 Å². The van der Waals surface area contributed by atoms with Crippen molar-refractivity contribution in [3.05, 3.63) is 30.3 Å². The van der Waals surface area contributed by atoms with Crippen molar-refractivity contribution in [1.82, 2.24) is 4.57 Å². The maximum Gasteiger partial charge on any atom is 0.230 e. The summed E-state index contributed by atoms with van der Waals surface area (Å²) < 4.78 is 12.7. The zero-order valence-corrected chi connectivity index (χ0v) is 11.0. The van der Waals surface area contributed by atoms with E-state index in [4.69, 9.17) is 9.47 Å². The third kappa shape index (κ3) is 2.16. The molecule has 3 N–H and O–H groups in total. The van der Waals surface area contributed by atoms with Crippen LogP contribution in [0, 0.1) is 0 Å². The van der Waals surface area contributed by atoms with Crippen LogP contribution in [-0.2, 0) is 11.8 Å². The Balaban J connectivity index is 1.84. The standard InChI is InChI=1S/C14H17NO5/c1-15-9-5-3-2-4-8(9)6-11(15)20-14-13(18)12(17)10(16)7-19-14/h2-6,10,12-14,16-18H,7H2,1H3/t10-,12-,13+,14-/m0/s1. The maximum atomic E-state index is 9.87. The predicted octanol–water partition coefficient (Wildman–Crippen LogP) is -0.00390. The average molecular weight is 279 g/mol. The first-order valence-corrected chi connectivity index (χ1v) is 6.45. The number of fused-ring (bicyclic) bond motifs is 1. The summed E-state index contributed by atoms with van der Waals surface area (Å²) in [4.78, 5) is 0. The first-order valence-electron chi connectivity index (χ1n) is 6.45. The number of benzene rings is 1. The molecule has 0 spiro atoms. The second-order valence-electron chi connectivity index (χ2n) is 4.97. The highest BCUT2D eigenvalue weighted by molar-refractivity contribution is 5.82. The van der Waals surface area contributed by atoms with E-state index < -0.39 is 24.6 Å². The summed E-state index contributed by atoms with van der Waals surface area (Å²) in [5, 5.41) is 29.9. The smallest absolute Gasteiger partial charge is 0.230 e. The van der Waals surface area contributed by atoms with Crippen molar-refractivity contribution in [2.45, 2.75) is 24.6 Å². The number of aliphatic hydroxyl groups excluding tert-OH is 3. The van der Waals surface area contributed by atoms with Crippen molar-refractivity contribution >= 4 is 10.9 Å². The molecular formula is C14H17NO5. The highest BCUT2D eigenvalue weighted by Gasteiger charge is 2.39. The Morgan fingerprint density at radius 3 is 2.70 bits per heavy atom. The van der Waals surface area contributed by atoms with Crippen molar-refractivity contribution in [3.63, 3.8) is 0 Å². The molecular weight excluding hydrogens is 262 g/mol. The molecule has 4 atom stereocenters. The van der Waals surface area contributed by atoms with E-state index in [1.807, 2.05) is 41.9 Å². The van der Waals surface area contributed by atoms with Gasteiger partial charge in [-0.25, -0.2) is 0 Å². The molecule has 1 aromatic carbocycles. The Labute approximate surface area is 115 Å². The van der Waals surface area contributed by atoms with Crippen molar-refractivity contribution in [2.24, 2.45) is 7.05 Å². The lowest BCUT2D eigenvalue weighted by Gasteiger charge is -2.34. The third-order valence-corrected chi connectivity index (χ3v) is 3.60. The Hall–Kier alpha value is -1.60. The van der Waals surface area contributed by atoms with Crippen LogP contribution in [0.15, 0.2) is 30.3 Å². The van der Waals surface area contributed by atoms with Gasteiger partial charge in [0, 0.05) is 18.5 Å². The largest absolute Gasteiger partial charge is 0.447 e. The van der Waals surface area contributed by atoms with Crippen molar-refractivity contribution in [2.75, 3.05) is 6.61 Å². The Morgan fingerprint density at radius 1 is 1.20 bits per heavy atom. The molecule has 1 aliphatic heterocycles. The van der Waals surface area contributed by atoms with Gasteiger partial charge < -0.3 is 29.4 Å². The van der Waals surface area contributed by atoms with Gasteiger partial charge in [0.15, 0.2) is 5.88 Å². The van der Waals surface area contributed by atoms with Crippen LogP contribution in [0.1, 0.15) is 0 Å². The van der Waals surface area contributed by atoms with E-state index in [0.29, 0.717) is 5.88 Å². The summed E-state index contributed by atoms with van der Waals surface area (Å²) in [7, 11) is 1.85. The summed E-state index contributed by atoms with van der Waals surface area (Å²) in [5.74, 6) is 0.527. The maximum absolute atomic E-state index is 9.87. The van der Waals surface area contributed by atoms with Gasteiger partial charge in [-0.2, -0.15) is 0 Å². The molecule has 0 radical (unpaired) electrons. The van der Waals surface area contributed by atoms with Crippen LogP contribution in [-0.4, -0.2) is 51.1 Å². The highest BCUT2D eigenvalue weighted by Crippen LogP contribution is 2.26. The fourth-order valence-electron chi connectivity index (χ4n) is 2.38. The first kappa shape index (κ1) is 13.4. The Bertz CT molecular complexity index is 611. The molecule has 108 valence electrons. The minimum atomic E-state index is -1.29. The predicted molar refractivity (Wildman–Crippen MR) is 71.3 cm³/mol. The van der Waals surface area contributed by atoms with E-state index in [9.17, 15) is 15.3 Å². The van der Waals surface area contributed by atoms with Gasteiger partial charge in [-0.3, -0.25) is 0 Å². The fourth-order valence-corrected chi connectivity index (χ4v) is 2.38. The SMILES string of the molecule is Cn1c(O[C@@H]2OC[C@H](O)[C@H](O)[C@H]2O)cc2ccccc21. The number of para-hydroxylation sites is 1. The van der Waals surface area contributed by atoms with Crippen LogP contribution < -0.4 is 4.74 Å². The van der Waals surface area contributed by atoms with Crippen LogP contribution in [0.3, 0.4) is 0 Å². The number of aryl methyl sites for hydroxylation is 1. The second kappa shape index (κ2) is 5.06. The van der Waals surface area contributed by atoms with Gasteiger partial charge in [-0.05, 0) is 6.07 Å². The third-order valence-electron chi connectivity index (χ3n) is 3.60. The van der Waals surface area contributed by atoms with Crippen LogP contribution in [0.4, 0.5) is 0 Å². The molecule has 20 heavy (non-hydrogen) atoms. The topological polar surface area (TPSA) is 84.1 Å². The molecule has 0 unspecified atom stereocenters. The molecule has 1 fully saturated rings. The van der Waals surface area contributed by atoms with Crippen LogP contribution in [0.2, 0.25) is 0 Å². The Kier molecular flexibility index (Phi) is 3.39. The normalized spacial score (nSPS) is 30.6. The molecule has 6 heteroatoms. The van der Waals surface area contributed by atoms with Crippen molar-refractivity contribution in [1.29, 1.82) is 0 Å². The van der Waals surface area contributed by atoms with Gasteiger partial charge in [0.25, 0.3) is 0 Å². The zero-order valence-electron chi connectivity index (χ0n) is 11.0. The first-order chi connectivity index (χ1) is 9.58. The molecule has 0 amide bonds. The average Bonchev–Trinajstić information content (AvgIpc) is 2.77. The molecule has 6 nitrogen and oxygen atoms in total. The molecule has 0 saturated carbocycles. The van der Waals surface area contributed by atoms with Crippen LogP contribution in [0.25, 0.3) is 10.9 Å². The van der Waals surface area contributed by atoms with E-state index in [0.717, 1.165) is 10.9 Å². The number of hydrogen-bond donors (Lipinski definition) is 3. The van der Waals surface area contributed by atoms with E-state index in [-0.39, 0.29) is 6.61 Å². The van der Waals surface area contributed by atoms with E-state index in [1.165, 1.54) is 0 Å². The number of hydrogen-bond acceptors (Lipinski definition) is 5. The minimum absolute atomic E-state index is 0.0766.